The maximum atomic E-state index is 12.8. The zero-order valence-corrected chi connectivity index (χ0v) is 16.7. The molecule has 8 nitrogen and oxygen atoms in total. The fourth-order valence-corrected chi connectivity index (χ4v) is 2.78. The van der Waals surface area contributed by atoms with Crippen LogP contribution in [0, 0.1) is 0 Å². The molecule has 3 rings (SSSR count). The Morgan fingerprint density at radius 2 is 1.80 bits per heavy atom. The van der Waals surface area contributed by atoms with Gasteiger partial charge in [-0.1, -0.05) is 0 Å². The first-order valence-corrected chi connectivity index (χ1v) is 8.93. The predicted octanol–water partition coefficient (Wildman–Crippen LogP) is 3.23. The number of carbonyl (C=O) groups is 1. The van der Waals surface area contributed by atoms with Crippen LogP contribution < -0.4 is 10.9 Å². The van der Waals surface area contributed by atoms with Gasteiger partial charge in [0.05, 0.1) is 11.9 Å². The zero-order chi connectivity index (χ0) is 22.3. The van der Waals surface area contributed by atoms with Gasteiger partial charge < -0.3 is 10.1 Å². The van der Waals surface area contributed by atoms with Gasteiger partial charge in [-0.15, -0.1) is 0 Å². The molecule has 0 fully saturated rings. The van der Waals surface area contributed by atoms with Crippen LogP contribution in [0.1, 0.15) is 26.3 Å². The molecule has 0 aliphatic heterocycles. The summed E-state index contributed by atoms with van der Waals surface area (Å²) in [5.74, 6) is -0.384. The smallest absolute Gasteiger partial charge is 0.416 e. The minimum absolute atomic E-state index is 0.135. The normalized spacial score (nSPS) is 12.2. The molecule has 0 aliphatic rings. The van der Waals surface area contributed by atoms with Gasteiger partial charge in [0.1, 0.15) is 17.7 Å². The third kappa shape index (κ3) is 4.61. The highest BCUT2D eigenvalue weighted by Gasteiger charge is 2.30. The Bertz CT molecular complexity index is 1140. The number of nitrogens with one attached hydrogen (secondary N) is 1. The lowest BCUT2D eigenvalue weighted by molar-refractivity contribution is -0.155. The highest BCUT2D eigenvalue weighted by molar-refractivity contribution is 5.87. The second-order valence-electron chi connectivity index (χ2n) is 7.63. The number of aryl methyl sites for hydroxylation is 1. The van der Waals surface area contributed by atoms with Gasteiger partial charge in [-0.3, -0.25) is 18.8 Å². The number of fused-ring (bicyclic) bond motifs is 1. The van der Waals surface area contributed by atoms with Crippen molar-refractivity contribution in [3.63, 3.8) is 0 Å². The van der Waals surface area contributed by atoms with Gasteiger partial charge in [0, 0.05) is 12.7 Å². The molecule has 11 heteroatoms. The first kappa shape index (κ1) is 21.3. The number of nitrogens with zero attached hydrogens (tertiary/aromatic N) is 4. The van der Waals surface area contributed by atoms with Crippen LogP contribution in [0.25, 0.3) is 11.0 Å². The van der Waals surface area contributed by atoms with Crippen molar-refractivity contribution in [2.24, 2.45) is 7.05 Å². The van der Waals surface area contributed by atoms with Crippen molar-refractivity contribution in [1.82, 2.24) is 19.3 Å². The number of benzene rings is 1. The zero-order valence-electron chi connectivity index (χ0n) is 16.7. The largest absolute Gasteiger partial charge is 0.459 e. The third-order valence-corrected chi connectivity index (χ3v) is 4.01. The minimum Gasteiger partial charge on any atom is -0.459 e. The molecule has 0 saturated heterocycles. The molecule has 0 spiro atoms. The van der Waals surface area contributed by atoms with Crippen LogP contribution in [-0.4, -0.2) is 30.9 Å². The summed E-state index contributed by atoms with van der Waals surface area (Å²) < 4.78 is 45.7. The fraction of sp³-hybridized carbons (Fsp3) is 0.368. The molecule has 1 aromatic carbocycles. The van der Waals surface area contributed by atoms with Gasteiger partial charge in [-0.25, -0.2) is 4.98 Å². The number of carbonyl (C=O) groups excluding carboxylic acids is 1. The van der Waals surface area contributed by atoms with E-state index in [0.717, 1.165) is 16.7 Å². The molecule has 0 atom stereocenters. The van der Waals surface area contributed by atoms with Crippen molar-refractivity contribution >= 4 is 28.5 Å². The van der Waals surface area contributed by atoms with Crippen molar-refractivity contribution < 1.29 is 22.7 Å². The van der Waals surface area contributed by atoms with E-state index >= 15 is 0 Å². The number of hydrogen-bond acceptors (Lipinski definition) is 6. The quantitative estimate of drug-likeness (QED) is 0.648. The Morgan fingerprint density at radius 1 is 1.17 bits per heavy atom. The Hall–Kier alpha value is -3.37. The van der Waals surface area contributed by atoms with Gasteiger partial charge in [0.15, 0.2) is 11.3 Å². The molecule has 0 unspecified atom stereocenters. The Morgan fingerprint density at radius 3 is 2.37 bits per heavy atom. The number of aromatic nitrogens is 4. The van der Waals surface area contributed by atoms with Crippen LogP contribution in [0.2, 0.25) is 0 Å². The van der Waals surface area contributed by atoms with Gasteiger partial charge in [-0.2, -0.15) is 18.3 Å². The average molecular weight is 423 g/mol. The summed E-state index contributed by atoms with van der Waals surface area (Å²) in [5, 5.41) is 7.05. The van der Waals surface area contributed by atoms with Gasteiger partial charge >= 0.3 is 12.1 Å². The van der Waals surface area contributed by atoms with Crippen LogP contribution >= 0.6 is 0 Å². The van der Waals surface area contributed by atoms with E-state index in [0.29, 0.717) is 5.69 Å². The molecule has 0 aliphatic carbocycles. The number of alkyl halides is 3. The van der Waals surface area contributed by atoms with E-state index in [4.69, 9.17) is 4.74 Å². The molecule has 2 aromatic heterocycles. The maximum Gasteiger partial charge on any atom is 0.416 e. The summed E-state index contributed by atoms with van der Waals surface area (Å²) in [4.78, 5) is 29.0. The van der Waals surface area contributed by atoms with Crippen LogP contribution in [0.3, 0.4) is 0 Å². The summed E-state index contributed by atoms with van der Waals surface area (Å²) in [6.45, 7) is 4.84. The lowest BCUT2D eigenvalue weighted by Gasteiger charge is -2.19. The van der Waals surface area contributed by atoms with Crippen LogP contribution in [0.4, 0.5) is 24.7 Å². The molecule has 30 heavy (non-hydrogen) atoms. The Kier molecular flexibility index (Phi) is 5.31. The van der Waals surface area contributed by atoms with Crippen LogP contribution in [0.15, 0.2) is 35.4 Å². The van der Waals surface area contributed by atoms with Crippen molar-refractivity contribution in [2.45, 2.75) is 39.1 Å². The number of ether oxygens (including phenoxy) is 1. The standard InChI is InChI=1S/C19H20F3N5O3/c1-18(2,3)30-13(28)9-27-10-23-14-15(17(27)29)26(4)25-16(14)24-12-7-5-11(6-8-12)19(20,21)22/h5-8,10H,9H2,1-4H3,(H,24,25). The van der Waals surface area contributed by atoms with E-state index in [-0.39, 0.29) is 23.4 Å². The molecule has 1 N–H and O–H groups in total. The molecule has 160 valence electrons. The second kappa shape index (κ2) is 7.47. The van der Waals surface area contributed by atoms with Crippen molar-refractivity contribution in [3.05, 3.63) is 46.5 Å². The Balaban J connectivity index is 1.89. The number of anilines is 2. The molecular weight excluding hydrogens is 403 g/mol. The van der Waals surface area contributed by atoms with Crippen molar-refractivity contribution in [1.29, 1.82) is 0 Å². The van der Waals surface area contributed by atoms with Gasteiger partial charge in [0.25, 0.3) is 5.56 Å². The molecule has 3 aromatic rings. The lowest BCUT2D eigenvalue weighted by atomic mass is 10.2. The second-order valence-corrected chi connectivity index (χ2v) is 7.63. The van der Waals surface area contributed by atoms with Crippen molar-refractivity contribution in [3.8, 4) is 0 Å². The van der Waals surface area contributed by atoms with E-state index < -0.39 is 28.9 Å². The summed E-state index contributed by atoms with van der Waals surface area (Å²) in [6, 6.07) is 4.39. The van der Waals surface area contributed by atoms with Crippen LogP contribution in [0.5, 0.6) is 0 Å². The number of esters is 1. The van der Waals surface area contributed by atoms with E-state index in [1.807, 2.05) is 0 Å². The molecule has 0 saturated carbocycles. The van der Waals surface area contributed by atoms with E-state index in [9.17, 15) is 22.8 Å². The highest BCUT2D eigenvalue weighted by Crippen LogP contribution is 2.30. The highest BCUT2D eigenvalue weighted by atomic mass is 19.4. The summed E-state index contributed by atoms with van der Waals surface area (Å²) in [5.41, 5.74) is -1.26. The van der Waals surface area contributed by atoms with Gasteiger partial charge in [0.2, 0.25) is 0 Å². The first-order valence-electron chi connectivity index (χ1n) is 8.93. The monoisotopic (exact) mass is 423 g/mol. The predicted molar refractivity (Wildman–Crippen MR) is 103 cm³/mol. The maximum absolute atomic E-state index is 12.8. The van der Waals surface area contributed by atoms with E-state index in [1.165, 1.54) is 30.2 Å². The summed E-state index contributed by atoms with van der Waals surface area (Å²) >= 11 is 0. The number of rotatable bonds is 4. The molecule has 0 radical (unpaired) electrons. The molecule has 2 heterocycles. The Labute approximate surface area is 169 Å². The number of hydrogen-bond donors (Lipinski definition) is 1. The fourth-order valence-electron chi connectivity index (χ4n) is 2.78. The van der Waals surface area contributed by atoms with E-state index in [2.05, 4.69) is 15.4 Å². The average Bonchev–Trinajstić information content (AvgIpc) is 2.91. The topological polar surface area (TPSA) is 91.0 Å². The van der Waals surface area contributed by atoms with E-state index in [1.54, 1.807) is 20.8 Å². The molecular formula is C19H20F3N5O3. The first-order chi connectivity index (χ1) is 13.8. The van der Waals surface area contributed by atoms with Crippen molar-refractivity contribution in [2.75, 3.05) is 5.32 Å². The van der Waals surface area contributed by atoms with Crippen LogP contribution in [-0.2, 0) is 29.3 Å². The summed E-state index contributed by atoms with van der Waals surface area (Å²) in [7, 11) is 1.53. The SMILES string of the molecule is Cn1nc(Nc2ccc(C(F)(F)F)cc2)c2ncn(CC(=O)OC(C)(C)C)c(=O)c21. The third-order valence-electron chi connectivity index (χ3n) is 4.01. The molecule has 0 bridgehead atoms. The minimum atomic E-state index is -4.43. The molecule has 0 amide bonds. The summed E-state index contributed by atoms with van der Waals surface area (Å²) in [6.07, 6.45) is -3.23. The lowest BCUT2D eigenvalue weighted by Crippen LogP contribution is -2.31. The number of halogens is 3. The van der Waals surface area contributed by atoms with Gasteiger partial charge in [-0.05, 0) is 45.0 Å².